The minimum atomic E-state index is -4.25. The highest BCUT2D eigenvalue weighted by molar-refractivity contribution is 7.52. The maximum absolute atomic E-state index is 15.8. The quantitative estimate of drug-likeness (QED) is 0.141. The maximum Gasteiger partial charge on any atom is 0.459 e. The van der Waals surface area contributed by atoms with Crippen molar-refractivity contribution < 1.29 is 37.4 Å². The average molecular weight is 556 g/mol. The molecule has 3 rings (SSSR count). The molecule has 2 aromatic rings. The number of carbonyl (C=O) groups is 1. The van der Waals surface area contributed by atoms with Crippen molar-refractivity contribution in [3.05, 3.63) is 48.0 Å². The lowest BCUT2D eigenvalue weighted by Crippen LogP contribution is -2.41. The van der Waals surface area contributed by atoms with Gasteiger partial charge in [-0.25, -0.2) is 13.9 Å². The number of alkyl halides is 1. The fourth-order valence-electron chi connectivity index (χ4n) is 3.88. The van der Waals surface area contributed by atoms with Crippen LogP contribution in [0, 0.1) is 12.3 Å². The monoisotopic (exact) mass is 555 g/mol. The molecule has 1 aromatic heterocycles. The van der Waals surface area contributed by atoms with E-state index in [1.807, 2.05) is 0 Å². The molecule has 0 radical (unpaired) electrons. The zero-order valence-corrected chi connectivity index (χ0v) is 23.1. The van der Waals surface area contributed by atoms with Crippen molar-refractivity contribution in [3.63, 3.8) is 0 Å². The number of para-hydroxylation sites is 1. The van der Waals surface area contributed by atoms with Crippen LogP contribution in [0.25, 0.3) is 0 Å². The van der Waals surface area contributed by atoms with E-state index in [9.17, 15) is 14.5 Å². The Bertz CT molecular complexity index is 1180. The largest absolute Gasteiger partial charge is 0.462 e. The molecule has 0 bridgehead atoms. The molecule has 14 heteroatoms. The summed E-state index contributed by atoms with van der Waals surface area (Å²) in [7, 11) is -2.68. The summed E-state index contributed by atoms with van der Waals surface area (Å²) in [6, 6.07) is 7.08. The number of aromatic nitrogens is 2. The van der Waals surface area contributed by atoms with E-state index in [-0.39, 0.29) is 11.6 Å². The van der Waals surface area contributed by atoms with Crippen LogP contribution < -0.4 is 14.9 Å². The highest BCUT2D eigenvalue weighted by Crippen LogP contribution is 2.48. The number of hydrogen-bond acceptors (Lipinski definition) is 9. The fourth-order valence-corrected chi connectivity index (χ4v) is 5.38. The molecule has 12 nitrogen and oxygen atoms in total. The first-order valence-corrected chi connectivity index (χ1v) is 13.6. The first kappa shape index (κ1) is 29.7. The number of carbonyl (C=O) groups excluding carboxylic acids is 1. The molecule has 0 spiro atoms. The van der Waals surface area contributed by atoms with Gasteiger partial charge >= 0.3 is 13.7 Å². The molecule has 0 saturated carbocycles. The van der Waals surface area contributed by atoms with Gasteiger partial charge in [0.2, 0.25) is 0 Å². The summed E-state index contributed by atoms with van der Waals surface area (Å²) in [5, 5.41) is 23.9. The smallest absolute Gasteiger partial charge is 0.459 e. The van der Waals surface area contributed by atoms with E-state index >= 15 is 4.39 Å². The van der Waals surface area contributed by atoms with Gasteiger partial charge in [-0.1, -0.05) is 18.2 Å². The third kappa shape index (κ3) is 6.59. The van der Waals surface area contributed by atoms with Crippen LogP contribution in [0.4, 0.5) is 4.39 Å². The lowest BCUT2D eigenvalue weighted by atomic mass is 9.98. The predicted octanol–water partition coefficient (Wildman–Crippen LogP) is 2.86. The number of hydrogen-bond donors (Lipinski definition) is 4. The van der Waals surface area contributed by atoms with Crippen molar-refractivity contribution in [3.8, 4) is 5.75 Å². The van der Waals surface area contributed by atoms with Gasteiger partial charge in [0.1, 0.15) is 35.5 Å². The molecular weight excluding hydrogens is 520 g/mol. The van der Waals surface area contributed by atoms with Gasteiger partial charge in [-0.05, 0) is 46.8 Å². The van der Waals surface area contributed by atoms with Crippen LogP contribution in [0.1, 0.15) is 45.3 Å². The van der Waals surface area contributed by atoms with Crippen molar-refractivity contribution in [2.45, 2.75) is 70.9 Å². The Kier molecular flexibility index (Phi) is 9.32. The molecule has 1 aliphatic heterocycles. The number of halogens is 1. The van der Waals surface area contributed by atoms with Crippen molar-refractivity contribution >= 4 is 19.6 Å². The molecule has 1 aromatic carbocycles. The molecule has 0 amide bonds. The minimum absolute atomic E-state index is 0.0374. The highest BCUT2D eigenvalue weighted by Gasteiger charge is 2.56. The van der Waals surface area contributed by atoms with Crippen LogP contribution in [0.5, 0.6) is 5.75 Å². The van der Waals surface area contributed by atoms with E-state index in [2.05, 4.69) is 15.4 Å². The van der Waals surface area contributed by atoms with Crippen LogP contribution in [0.2, 0.25) is 0 Å². The molecule has 2 heterocycles. The number of imidazole rings is 1. The summed E-state index contributed by atoms with van der Waals surface area (Å²) in [5.41, 5.74) is -1.54. The van der Waals surface area contributed by atoms with E-state index < -0.39 is 56.6 Å². The number of rotatable bonds is 11. The number of amidine groups is 1. The maximum atomic E-state index is 15.8. The number of ether oxygens (including phenoxy) is 2. The first-order valence-electron chi connectivity index (χ1n) is 12.1. The number of nitrogens with one attached hydrogen (secondary N) is 3. The molecule has 4 N–H and O–H groups in total. The second kappa shape index (κ2) is 11.9. The Morgan fingerprint density at radius 1 is 1.34 bits per heavy atom. The summed E-state index contributed by atoms with van der Waals surface area (Å²) < 4.78 is 53.0. The van der Waals surface area contributed by atoms with Crippen LogP contribution >= 0.6 is 7.75 Å². The highest BCUT2D eigenvalue weighted by atomic mass is 31.2. The summed E-state index contributed by atoms with van der Waals surface area (Å²) in [6.07, 6.45) is -3.31. The number of esters is 1. The second-order valence-electron chi connectivity index (χ2n) is 9.37. The van der Waals surface area contributed by atoms with Crippen LogP contribution in [0.15, 0.2) is 36.7 Å². The molecule has 0 aliphatic carbocycles. The lowest BCUT2D eigenvalue weighted by molar-refractivity contribution is -0.149. The van der Waals surface area contributed by atoms with Gasteiger partial charge in [-0.15, -0.1) is 0 Å². The summed E-state index contributed by atoms with van der Waals surface area (Å²) >= 11 is 0. The molecule has 210 valence electrons. The Morgan fingerprint density at radius 2 is 2.00 bits per heavy atom. The van der Waals surface area contributed by atoms with Gasteiger partial charge in [0, 0.05) is 12.7 Å². The van der Waals surface area contributed by atoms with Crippen LogP contribution in [0.3, 0.4) is 0 Å². The molecule has 1 aliphatic rings. The van der Waals surface area contributed by atoms with Crippen molar-refractivity contribution in [2.75, 3.05) is 13.7 Å². The van der Waals surface area contributed by atoms with E-state index in [1.165, 1.54) is 24.7 Å². The van der Waals surface area contributed by atoms with E-state index in [4.69, 9.17) is 23.9 Å². The summed E-state index contributed by atoms with van der Waals surface area (Å²) in [4.78, 5) is 16.5. The van der Waals surface area contributed by atoms with Crippen molar-refractivity contribution in [1.29, 1.82) is 5.41 Å². The number of benzene rings is 1. The minimum Gasteiger partial charge on any atom is -0.462 e. The predicted molar refractivity (Wildman–Crippen MR) is 137 cm³/mol. The standard InChI is InChI=1S/C24H35FN5O7P/c1-14(2)35-22(32)15(3)29-38(33,37-17-10-8-7-9-11-17)34-12-18-20(31)24(5,25)23(36-18)30-13-28-19(16(30)4)21(26)27-6/h7-11,13-15,18,20,23,31H,12H2,1-6H3,(H2,26,27)(H,29,33)/t15-,18+,20+,23+,24+,38?/m0/s1. The molecule has 1 unspecified atom stereocenters. The normalized spacial score (nSPS) is 25.6. The molecular formula is C24H35FN5O7P. The van der Waals surface area contributed by atoms with Crippen molar-refractivity contribution in [1.82, 2.24) is 20.0 Å². The van der Waals surface area contributed by atoms with Crippen LogP contribution in [-0.4, -0.2) is 70.1 Å². The first-order chi connectivity index (χ1) is 17.8. The van der Waals surface area contributed by atoms with Gasteiger partial charge in [0.25, 0.3) is 0 Å². The van der Waals surface area contributed by atoms with E-state index in [0.717, 1.165) is 0 Å². The third-order valence-electron chi connectivity index (χ3n) is 5.93. The van der Waals surface area contributed by atoms with Gasteiger partial charge in [-0.3, -0.25) is 14.7 Å². The zero-order valence-electron chi connectivity index (χ0n) is 22.2. The van der Waals surface area contributed by atoms with Gasteiger partial charge in [0.05, 0.1) is 19.0 Å². The Labute approximate surface area is 220 Å². The Morgan fingerprint density at radius 3 is 2.61 bits per heavy atom. The van der Waals surface area contributed by atoms with Gasteiger partial charge in [-0.2, -0.15) is 5.09 Å². The Hall–Kier alpha value is -2.83. The van der Waals surface area contributed by atoms with Gasteiger partial charge < -0.3 is 29.0 Å². The topological polar surface area (TPSA) is 157 Å². The molecule has 38 heavy (non-hydrogen) atoms. The lowest BCUT2D eigenvalue weighted by Gasteiger charge is -2.26. The van der Waals surface area contributed by atoms with Gasteiger partial charge in [0.15, 0.2) is 11.9 Å². The number of aliphatic hydroxyl groups excluding tert-OH is 1. The van der Waals surface area contributed by atoms with E-state index in [1.54, 1.807) is 58.2 Å². The molecule has 6 atom stereocenters. The zero-order chi connectivity index (χ0) is 28.3. The second-order valence-corrected chi connectivity index (χ2v) is 11.1. The van der Waals surface area contributed by atoms with Crippen LogP contribution in [-0.2, 0) is 23.4 Å². The van der Waals surface area contributed by atoms with Crippen molar-refractivity contribution in [2.24, 2.45) is 0 Å². The number of nitrogens with zero attached hydrogens (tertiary/aromatic N) is 2. The average Bonchev–Trinajstić information content (AvgIpc) is 3.33. The number of aliphatic hydroxyl groups is 1. The van der Waals surface area contributed by atoms with E-state index in [0.29, 0.717) is 11.4 Å². The summed E-state index contributed by atoms with van der Waals surface area (Å²) in [6.45, 7) is 7.08. The SMILES string of the molecule is CNC(=N)c1ncn([C@@H]2O[C@H](COP(=O)(N[C@@H](C)C(=O)OC(C)C)Oc3ccccc3)[C@@H](O)[C@@]2(C)F)c1C. The summed E-state index contributed by atoms with van der Waals surface area (Å²) in [5.74, 6) is -0.439. The third-order valence-corrected chi connectivity index (χ3v) is 7.58. The molecule has 1 fully saturated rings. The Balaban J connectivity index is 1.80. The molecule has 1 saturated heterocycles. The fraction of sp³-hybridized carbons (Fsp3) is 0.542.